The molecule has 1 fully saturated rings. The maximum Gasteiger partial charge on any atom is 0.159 e. The number of benzene rings is 1. The summed E-state index contributed by atoms with van der Waals surface area (Å²) < 4.78 is 7.30. The van der Waals surface area contributed by atoms with Crippen molar-refractivity contribution in [3.05, 3.63) is 60.4 Å². The lowest BCUT2D eigenvalue weighted by Crippen LogP contribution is -2.35. The average molecular weight is 363 g/mol. The standard InChI is InChI=1S/C21H25N5O/c1-16-23-8-11-26(16)21-15-22-14-20(24-21)25-9-6-17(7-10-25)12-18-4-3-5-19(13-18)27-2/h3-5,8,11,13-15,17H,6-7,9-10,12H2,1-2H3. The second kappa shape index (κ2) is 7.78. The lowest BCUT2D eigenvalue weighted by molar-refractivity contribution is 0.397. The Balaban J connectivity index is 1.40. The molecule has 0 saturated carbocycles. The van der Waals surface area contributed by atoms with Crippen LogP contribution in [0.1, 0.15) is 24.2 Å². The molecule has 0 spiro atoms. The minimum atomic E-state index is 0.695. The van der Waals surface area contributed by atoms with Crippen LogP contribution < -0.4 is 9.64 Å². The molecule has 0 bridgehead atoms. The van der Waals surface area contributed by atoms with Crippen LogP contribution in [0.2, 0.25) is 0 Å². The lowest BCUT2D eigenvalue weighted by Gasteiger charge is -2.32. The van der Waals surface area contributed by atoms with E-state index in [4.69, 9.17) is 9.72 Å². The highest BCUT2D eigenvalue weighted by Crippen LogP contribution is 2.26. The summed E-state index contributed by atoms with van der Waals surface area (Å²) in [6.07, 6.45) is 10.8. The van der Waals surface area contributed by atoms with Crippen molar-refractivity contribution in [3.63, 3.8) is 0 Å². The van der Waals surface area contributed by atoms with Gasteiger partial charge in [-0.2, -0.15) is 0 Å². The predicted octanol–water partition coefficient (Wildman–Crippen LogP) is 3.44. The second-order valence-corrected chi connectivity index (χ2v) is 7.07. The van der Waals surface area contributed by atoms with Gasteiger partial charge in [0.25, 0.3) is 0 Å². The fraction of sp³-hybridized carbons (Fsp3) is 0.381. The van der Waals surface area contributed by atoms with Gasteiger partial charge in [0.1, 0.15) is 17.4 Å². The van der Waals surface area contributed by atoms with Crippen LogP contribution in [0.25, 0.3) is 5.82 Å². The smallest absolute Gasteiger partial charge is 0.159 e. The molecule has 3 heterocycles. The monoisotopic (exact) mass is 363 g/mol. The minimum absolute atomic E-state index is 0.695. The zero-order valence-corrected chi connectivity index (χ0v) is 15.9. The van der Waals surface area contributed by atoms with Gasteiger partial charge < -0.3 is 9.64 Å². The first-order valence-corrected chi connectivity index (χ1v) is 9.43. The summed E-state index contributed by atoms with van der Waals surface area (Å²) >= 11 is 0. The van der Waals surface area contributed by atoms with Crippen molar-refractivity contribution in [2.45, 2.75) is 26.2 Å². The van der Waals surface area contributed by atoms with Crippen molar-refractivity contribution in [1.29, 1.82) is 0 Å². The first kappa shape index (κ1) is 17.5. The Morgan fingerprint density at radius 1 is 1.15 bits per heavy atom. The van der Waals surface area contributed by atoms with Crippen molar-refractivity contribution < 1.29 is 4.74 Å². The van der Waals surface area contributed by atoms with Crippen LogP contribution >= 0.6 is 0 Å². The van der Waals surface area contributed by atoms with E-state index in [1.54, 1.807) is 19.5 Å². The van der Waals surface area contributed by atoms with Crippen LogP contribution in [0.3, 0.4) is 0 Å². The van der Waals surface area contributed by atoms with E-state index in [9.17, 15) is 0 Å². The number of rotatable bonds is 5. The van der Waals surface area contributed by atoms with Crippen molar-refractivity contribution in [3.8, 4) is 11.6 Å². The van der Waals surface area contributed by atoms with Gasteiger partial charge in [-0.1, -0.05) is 12.1 Å². The third-order valence-corrected chi connectivity index (χ3v) is 5.28. The van der Waals surface area contributed by atoms with Crippen LogP contribution in [0.15, 0.2) is 49.1 Å². The lowest BCUT2D eigenvalue weighted by atomic mass is 9.90. The van der Waals surface area contributed by atoms with Gasteiger partial charge in [-0.25, -0.2) is 9.97 Å². The molecular weight excluding hydrogens is 338 g/mol. The SMILES string of the molecule is COc1cccc(CC2CCN(c3cncc(-n4ccnc4C)n3)CC2)c1. The number of hydrogen-bond donors (Lipinski definition) is 0. The molecule has 27 heavy (non-hydrogen) atoms. The fourth-order valence-corrected chi connectivity index (χ4v) is 3.73. The summed E-state index contributed by atoms with van der Waals surface area (Å²) in [7, 11) is 1.72. The molecule has 1 saturated heterocycles. The molecule has 3 aromatic rings. The Labute approximate surface area is 159 Å². The number of imidazole rings is 1. The summed E-state index contributed by atoms with van der Waals surface area (Å²) in [6, 6.07) is 8.41. The topological polar surface area (TPSA) is 56.1 Å². The molecule has 2 aromatic heterocycles. The molecule has 1 aliphatic heterocycles. The number of piperidine rings is 1. The Morgan fingerprint density at radius 3 is 2.70 bits per heavy atom. The van der Waals surface area contributed by atoms with Gasteiger partial charge in [-0.15, -0.1) is 0 Å². The van der Waals surface area contributed by atoms with Crippen LogP contribution in [-0.2, 0) is 6.42 Å². The van der Waals surface area contributed by atoms with E-state index in [1.807, 2.05) is 30.0 Å². The molecule has 1 aromatic carbocycles. The third kappa shape index (κ3) is 3.94. The molecule has 6 heteroatoms. The van der Waals surface area contributed by atoms with E-state index in [2.05, 4.69) is 33.1 Å². The van der Waals surface area contributed by atoms with Crippen LogP contribution in [0.5, 0.6) is 5.75 Å². The highest BCUT2D eigenvalue weighted by atomic mass is 16.5. The van der Waals surface area contributed by atoms with E-state index >= 15 is 0 Å². The zero-order valence-electron chi connectivity index (χ0n) is 15.9. The molecule has 140 valence electrons. The van der Waals surface area contributed by atoms with Crippen LogP contribution in [-0.4, -0.2) is 39.7 Å². The van der Waals surface area contributed by atoms with E-state index in [1.165, 1.54) is 5.56 Å². The average Bonchev–Trinajstić information content (AvgIpc) is 3.15. The highest BCUT2D eigenvalue weighted by molar-refractivity contribution is 5.40. The second-order valence-electron chi connectivity index (χ2n) is 7.07. The van der Waals surface area contributed by atoms with Crippen molar-refractivity contribution in [2.24, 2.45) is 5.92 Å². The number of hydrogen-bond acceptors (Lipinski definition) is 5. The van der Waals surface area contributed by atoms with Crippen LogP contribution in [0, 0.1) is 12.8 Å². The number of nitrogens with zero attached hydrogens (tertiary/aromatic N) is 5. The summed E-state index contributed by atoms with van der Waals surface area (Å²) in [5.74, 6) is 4.31. The van der Waals surface area contributed by atoms with Gasteiger partial charge in [0, 0.05) is 25.5 Å². The summed E-state index contributed by atoms with van der Waals surface area (Å²) in [5.41, 5.74) is 1.35. The highest BCUT2D eigenvalue weighted by Gasteiger charge is 2.21. The molecule has 0 radical (unpaired) electrons. The van der Waals surface area contributed by atoms with Gasteiger partial charge in [0.2, 0.25) is 0 Å². The van der Waals surface area contributed by atoms with Gasteiger partial charge in [0.15, 0.2) is 5.82 Å². The van der Waals surface area contributed by atoms with Gasteiger partial charge >= 0.3 is 0 Å². The molecule has 4 rings (SSSR count). The predicted molar refractivity (Wildman–Crippen MR) is 106 cm³/mol. The normalized spacial score (nSPS) is 15.1. The fourth-order valence-electron chi connectivity index (χ4n) is 3.73. The quantitative estimate of drug-likeness (QED) is 0.695. The van der Waals surface area contributed by atoms with E-state index in [-0.39, 0.29) is 0 Å². The zero-order chi connectivity index (χ0) is 18.6. The maximum absolute atomic E-state index is 5.34. The van der Waals surface area contributed by atoms with E-state index in [0.29, 0.717) is 5.92 Å². The molecule has 0 aliphatic carbocycles. The largest absolute Gasteiger partial charge is 0.497 e. The van der Waals surface area contributed by atoms with Crippen molar-refractivity contribution in [2.75, 3.05) is 25.1 Å². The first-order chi connectivity index (χ1) is 13.2. The third-order valence-electron chi connectivity index (χ3n) is 5.28. The summed E-state index contributed by atoms with van der Waals surface area (Å²) in [5, 5.41) is 0. The molecule has 0 N–H and O–H groups in total. The van der Waals surface area contributed by atoms with Gasteiger partial charge in [-0.3, -0.25) is 9.55 Å². The summed E-state index contributed by atoms with van der Waals surface area (Å²) in [6.45, 7) is 3.99. The Morgan fingerprint density at radius 2 is 1.96 bits per heavy atom. The summed E-state index contributed by atoms with van der Waals surface area (Å²) in [4.78, 5) is 15.8. The maximum atomic E-state index is 5.34. The number of methoxy groups -OCH3 is 1. The van der Waals surface area contributed by atoms with Crippen molar-refractivity contribution >= 4 is 5.82 Å². The van der Waals surface area contributed by atoms with Crippen molar-refractivity contribution in [1.82, 2.24) is 19.5 Å². The number of ether oxygens (including phenoxy) is 1. The van der Waals surface area contributed by atoms with Gasteiger partial charge in [-0.05, 0) is 49.8 Å². The Bertz CT molecular complexity index is 899. The molecule has 1 aliphatic rings. The Hall–Kier alpha value is -2.89. The van der Waals surface area contributed by atoms with E-state index in [0.717, 1.165) is 55.6 Å². The first-order valence-electron chi connectivity index (χ1n) is 9.43. The van der Waals surface area contributed by atoms with E-state index < -0.39 is 0 Å². The molecule has 0 unspecified atom stereocenters. The Kier molecular flexibility index (Phi) is 5.05. The number of aryl methyl sites for hydroxylation is 1. The number of aromatic nitrogens is 4. The molecule has 0 atom stereocenters. The minimum Gasteiger partial charge on any atom is -0.497 e. The molecule has 6 nitrogen and oxygen atoms in total. The molecule has 0 amide bonds. The van der Waals surface area contributed by atoms with Crippen LogP contribution in [0.4, 0.5) is 5.82 Å². The molecular formula is C21H25N5O. The number of anilines is 1. The van der Waals surface area contributed by atoms with Gasteiger partial charge in [0.05, 0.1) is 19.5 Å².